The molecule has 0 saturated carbocycles. The lowest BCUT2D eigenvalue weighted by atomic mass is 10.0. The summed E-state index contributed by atoms with van der Waals surface area (Å²) in [4.78, 5) is 21.1. The van der Waals surface area contributed by atoms with Crippen molar-refractivity contribution >= 4 is 23.3 Å². The van der Waals surface area contributed by atoms with Crippen molar-refractivity contribution in [2.45, 2.75) is 12.1 Å². The Morgan fingerprint density at radius 1 is 1.19 bits per heavy atom. The monoisotopic (exact) mass is 449 g/mol. The summed E-state index contributed by atoms with van der Waals surface area (Å²) in [5.41, 5.74) is 3.39. The molecule has 2 aromatic heterocycles. The number of likely N-dealkylation sites (N-methyl/N-ethyl adjacent to an activating group) is 1. The molecule has 0 bridgehead atoms. The summed E-state index contributed by atoms with van der Waals surface area (Å²) >= 11 is 5.75. The summed E-state index contributed by atoms with van der Waals surface area (Å²) < 4.78 is 7.01. The molecule has 8 heteroatoms. The van der Waals surface area contributed by atoms with Gasteiger partial charge in [-0.25, -0.2) is 4.79 Å². The van der Waals surface area contributed by atoms with Gasteiger partial charge in [0.05, 0.1) is 30.5 Å². The Morgan fingerprint density at radius 2 is 2.03 bits per heavy atom. The molecular formula is C24H27N5O2S. The van der Waals surface area contributed by atoms with Gasteiger partial charge in [0.1, 0.15) is 0 Å². The average molecular weight is 450 g/mol. The van der Waals surface area contributed by atoms with Crippen LogP contribution in [-0.4, -0.2) is 64.7 Å². The zero-order chi connectivity index (χ0) is 22.7. The first-order valence-corrected chi connectivity index (χ1v) is 10.9. The normalized spacial score (nSPS) is 18.1. The number of benzene rings is 1. The van der Waals surface area contributed by atoms with E-state index in [0.29, 0.717) is 10.7 Å². The molecule has 1 aliphatic heterocycles. The predicted octanol–water partition coefficient (Wildman–Crippen LogP) is 3.19. The first-order chi connectivity index (χ1) is 15.5. The third kappa shape index (κ3) is 4.37. The van der Waals surface area contributed by atoms with E-state index in [1.54, 1.807) is 12.3 Å². The Labute approximate surface area is 193 Å². The molecule has 166 valence electrons. The molecule has 0 radical (unpaired) electrons. The molecule has 1 aromatic carbocycles. The van der Waals surface area contributed by atoms with E-state index in [2.05, 4.69) is 44.8 Å². The minimum absolute atomic E-state index is 0.0610. The molecule has 0 aliphatic carbocycles. The van der Waals surface area contributed by atoms with Gasteiger partial charge in [-0.05, 0) is 68.8 Å². The van der Waals surface area contributed by atoms with Crippen LogP contribution in [0.15, 0.2) is 67.0 Å². The van der Waals surface area contributed by atoms with E-state index >= 15 is 0 Å². The van der Waals surface area contributed by atoms with Crippen molar-refractivity contribution in [1.82, 2.24) is 24.7 Å². The van der Waals surface area contributed by atoms with Gasteiger partial charge in [0.2, 0.25) is 0 Å². The average Bonchev–Trinajstić information content (AvgIpc) is 3.42. The first-order valence-electron chi connectivity index (χ1n) is 10.5. The molecule has 7 nitrogen and oxygen atoms in total. The summed E-state index contributed by atoms with van der Waals surface area (Å²) in [6, 6.07) is 17.3. The number of esters is 1. The fourth-order valence-corrected chi connectivity index (χ4v) is 4.38. The molecule has 1 fully saturated rings. The third-order valence-electron chi connectivity index (χ3n) is 5.61. The number of methoxy groups -OCH3 is 1. The summed E-state index contributed by atoms with van der Waals surface area (Å²) in [5, 5.41) is 4.20. The zero-order valence-corrected chi connectivity index (χ0v) is 19.2. The number of pyridine rings is 1. The maximum Gasteiger partial charge on any atom is 0.337 e. The molecule has 2 atom stereocenters. The van der Waals surface area contributed by atoms with E-state index < -0.39 is 0 Å². The number of hydrogen-bond donors (Lipinski definition) is 1. The largest absolute Gasteiger partial charge is 0.465 e. The fourth-order valence-electron chi connectivity index (χ4n) is 4.05. The second-order valence-electron chi connectivity index (χ2n) is 7.97. The highest BCUT2D eigenvalue weighted by Gasteiger charge is 2.41. The van der Waals surface area contributed by atoms with Gasteiger partial charge < -0.3 is 24.4 Å². The molecule has 3 aromatic rings. The quantitative estimate of drug-likeness (QED) is 0.439. The highest BCUT2D eigenvalue weighted by Crippen LogP contribution is 2.39. The number of rotatable bonds is 7. The molecule has 3 heterocycles. The number of carbonyl (C=O) groups is 1. The molecule has 32 heavy (non-hydrogen) atoms. The lowest BCUT2D eigenvalue weighted by molar-refractivity contribution is 0.0600. The maximum absolute atomic E-state index is 12.1. The van der Waals surface area contributed by atoms with Gasteiger partial charge in [-0.1, -0.05) is 12.1 Å². The molecule has 4 rings (SSSR count). The van der Waals surface area contributed by atoms with E-state index in [0.717, 1.165) is 30.2 Å². The zero-order valence-electron chi connectivity index (χ0n) is 18.4. The molecule has 0 amide bonds. The number of hydrogen-bond acceptors (Lipinski definition) is 5. The van der Waals surface area contributed by atoms with Crippen LogP contribution in [0.1, 0.15) is 33.8 Å². The van der Waals surface area contributed by atoms with Crippen LogP contribution in [-0.2, 0) is 4.74 Å². The summed E-state index contributed by atoms with van der Waals surface area (Å²) in [5.74, 6) is -0.358. The lowest BCUT2D eigenvalue weighted by Crippen LogP contribution is -2.36. The second-order valence-corrected chi connectivity index (χ2v) is 8.35. The van der Waals surface area contributed by atoms with Crippen LogP contribution in [0, 0.1) is 0 Å². The molecule has 1 aliphatic rings. The van der Waals surface area contributed by atoms with Crippen LogP contribution >= 0.6 is 12.2 Å². The van der Waals surface area contributed by atoms with E-state index in [-0.39, 0.29) is 18.1 Å². The molecular weight excluding hydrogens is 422 g/mol. The number of carbonyl (C=O) groups excluding carboxylic acids is 1. The summed E-state index contributed by atoms with van der Waals surface area (Å²) in [7, 11) is 5.50. The van der Waals surface area contributed by atoms with Crippen molar-refractivity contribution in [3.05, 3.63) is 83.9 Å². The number of ether oxygens (including phenoxy) is 1. The Bertz CT molecular complexity index is 1100. The lowest BCUT2D eigenvalue weighted by Gasteiger charge is -2.29. The minimum Gasteiger partial charge on any atom is -0.465 e. The Kier molecular flexibility index (Phi) is 6.53. The van der Waals surface area contributed by atoms with Crippen LogP contribution in [0.2, 0.25) is 0 Å². The Morgan fingerprint density at radius 3 is 2.75 bits per heavy atom. The smallest absolute Gasteiger partial charge is 0.337 e. The van der Waals surface area contributed by atoms with Crippen molar-refractivity contribution in [1.29, 1.82) is 0 Å². The van der Waals surface area contributed by atoms with Crippen LogP contribution < -0.4 is 5.32 Å². The van der Waals surface area contributed by atoms with Crippen molar-refractivity contribution in [2.24, 2.45) is 0 Å². The van der Waals surface area contributed by atoms with Gasteiger partial charge in [-0.15, -0.1) is 0 Å². The van der Waals surface area contributed by atoms with Gasteiger partial charge >= 0.3 is 5.97 Å². The van der Waals surface area contributed by atoms with Gasteiger partial charge in [-0.3, -0.25) is 4.98 Å². The Balaban J connectivity index is 1.77. The van der Waals surface area contributed by atoms with Crippen LogP contribution in [0.4, 0.5) is 0 Å². The first kappa shape index (κ1) is 22.0. The Hall–Kier alpha value is -3.23. The highest BCUT2D eigenvalue weighted by molar-refractivity contribution is 7.80. The van der Waals surface area contributed by atoms with Crippen LogP contribution in [0.5, 0.6) is 0 Å². The van der Waals surface area contributed by atoms with Gasteiger partial charge in [-0.2, -0.15) is 0 Å². The summed E-state index contributed by atoms with van der Waals surface area (Å²) in [6.45, 7) is 1.64. The van der Waals surface area contributed by atoms with Gasteiger partial charge in [0.25, 0.3) is 0 Å². The summed E-state index contributed by atoms with van der Waals surface area (Å²) in [6.07, 6.45) is 3.81. The fraction of sp³-hybridized carbons (Fsp3) is 0.292. The maximum atomic E-state index is 12.1. The molecule has 0 unspecified atom stereocenters. The van der Waals surface area contributed by atoms with Crippen LogP contribution in [0.25, 0.3) is 5.69 Å². The molecule has 0 spiro atoms. The van der Waals surface area contributed by atoms with E-state index in [1.807, 2.05) is 48.7 Å². The van der Waals surface area contributed by atoms with Crippen molar-refractivity contribution in [3.63, 3.8) is 0 Å². The van der Waals surface area contributed by atoms with Gasteiger partial charge in [0.15, 0.2) is 5.11 Å². The van der Waals surface area contributed by atoms with Crippen LogP contribution in [0.3, 0.4) is 0 Å². The van der Waals surface area contributed by atoms with E-state index in [9.17, 15) is 4.79 Å². The number of nitrogens with one attached hydrogen (secondary N) is 1. The third-order valence-corrected chi connectivity index (χ3v) is 5.97. The number of aromatic nitrogens is 2. The number of nitrogens with zero attached hydrogens (tertiary/aromatic N) is 4. The van der Waals surface area contributed by atoms with Crippen molar-refractivity contribution in [2.75, 3.05) is 34.3 Å². The molecule has 1 N–H and O–H groups in total. The second kappa shape index (κ2) is 9.50. The minimum atomic E-state index is -0.358. The highest BCUT2D eigenvalue weighted by atomic mass is 32.1. The van der Waals surface area contributed by atoms with E-state index in [4.69, 9.17) is 17.0 Å². The molecule has 1 saturated heterocycles. The van der Waals surface area contributed by atoms with Crippen molar-refractivity contribution in [3.8, 4) is 5.69 Å². The predicted molar refractivity (Wildman–Crippen MR) is 128 cm³/mol. The topological polar surface area (TPSA) is 62.6 Å². The standard InChI is InChI=1S/C24H27N5O2S/c1-27(2)14-15-29-22(21(26-24(29)32)19-10-4-5-12-25-19)20-11-7-13-28(20)18-9-6-8-17(16-18)23(30)31-3/h4-13,16,21-22H,14-15H2,1-3H3,(H,26,32)/t21-,22-/m0/s1. The number of thiocarbonyl (C=S) groups is 1. The van der Waals surface area contributed by atoms with Gasteiger partial charge in [0, 0.05) is 36.9 Å². The van der Waals surface area contributed by atoms with Crippen molar-refractivity contribution < 1.29 is 9.53 Å². The van der Waals surface area contributed by atoms with E-state index in [1.165, 1.54) is 7.11 Å². The SMILES string of the molecule is COC(=O)c1cccc(-n2cccc2[C@H]2[C@H](c3ccccn3)NC(=S)N2CCN(C)C)c1.